The molecule has 1 saturated carbocycles. The molecule has 1 N–H and O–H groups in total. The van der Waals surface area contributed by atoms with E-state index in [2.05, 4.69) is 10.3 Å². The number of hydrogen-bond acceptors (Lipinski definition) is 3. The second-order valence-corrected chi connectivity index (χ2v) is 3.40. The monoisotopic (exact) mass is 210 g/mol. The van der Waals surface area contributed by atoms with Crippen molar-refractivity contribution in [3.63, 3.8) is 0 Å². The zero-order valence-corrected chi connectivity index (χ0v) is 8.29. The Labute approximate surface area is 86.5 Å². The lowest BCUT2D eigenvalue weighted by molar-refractivity contribution is 0.0958. The van der Waals surface area contributed by atoms with Gasteiger partial charge in [0.05, 0.1) is 17.9 Å². The first-order valence-corrected chi connectivity index (χ1v) is 4.75. The van der Waals surface area contributed by atoms with E-state index in [1.165, 1.54) is 13.2 Å². The highest BCUT2D eigenvalue weighted by Crippen LogP contribution is 2.28. The Balaban J connectivity index is 2.29. The van der Waals surface area contributed by atoms with Gasteiger partial charge in [0, 0.05) is 13.1 Å². The van der Waals surface area contributed by atoms with Crippen molar-refractivity contribution in [3.05, 3.63) is 23.8 Å². The number of carbonyl (C=O) groups excluding carboxylic acids is 1. The lowest BCUT2D eigenvalue weighted by Crippen LogP contribution is -2.19. The normalized spacial score (nSPS) is 14.8. The number of aromatic nitrogens is 1. The van der Waals surface area contributed by atoms with Crippen molar-refractivity contribution < 1.29 is 13.9 Å². The highest BCUT2D eigenvalue weighted by atomic mass is 19.1. The molecule has 1 fully saturated rings. The summed E-state index contributed by atoms with van der Waals surface area (Å²) in [6.45, 7) is 0. The van der Waals surface area contributed by atoms with Crippen LogP contribution >= 0.6 is 0 Å². The molecule has 4 nitrogen and oxygen atoms in total. The van der Waals surface area contributed by atoms with Crippen molar-refractivity contribution in [2.24, 2.45) is 0 Å². The van der Waals surface area contributed by atoms with Crippen molar-refractivity contribution >= 4 is 5.91 Å². The Morgan fingerprint density at radius 1 is 1.67 bits per heavy atom. The largest absolute Gasteiger partial charge is 0.488 e. The Kier molecular flexibility index (Phi) is 2.53. The van der Waals surface area contributed by atoms with Gasteiger partial charge in [-0.1, -0.05) is 0 Å². The molecule has 0 spiro atoms. The average Bonchev–Trinajstić information content (AvgIpc) is 3.03. The lowest BCUT2D eigenvalue weighted by Gasteiger charge is -2.08. The highest BCUT2D eigenvalue weighted by molar-refractivity contribution is 5.96. The van der Waals surface area contributed by atoms with Crippen LogP contribution in [0, 0.1) is 5.95 Å². The molecule has 2 rings (SSSR count). The molecular weight excluding hydrogens is 199 g/mol. The van der Waals surface area contributed by atoms with Gasteiger partial charge in [0.15, 0.2) is 5.75 Å². The van der Waals surface area contributed by atoms with E-state index >= 15 is 0 Å². The van der Waals surface area contributed by atoms with Gasteiger partial charge in [-0.15, -0.1) is 0 Å². The molecule has 1 aliphatic rings. The summed E-state index contributed by atoms with van der Waals surface area (Å²) in [5, 5.41) is 2.43. The second-order valence-electron chi connectivity index (χ2n) is 3.40. The SMILES string of the molecule is CNC(=O)c1cc(F)ncc1OC1CC1. The molecule has 15 heavy (non-hydrogen) atoms. The molecule has 0 aromatic carbocycles. The molecule has 1 aliphatic carbocycles. The van der Waals surface area contributed by atoms with Crippen LogP contribution in [0.4, 0.5) is 4.39 Å². The van der Waals surface area contributed by atoms with Gasteiger partial charge < -0.3 is 10.1 Å². The van der Waals surface area contributed by atoms with E-state index in [0.717, 1.165) is 18.9 Å². The second kappa shape index (κ2) is 3.84. The third kappa shape index (κ3) is 2.23. The number of carbonyl (C=O) groups is 1. The predicted octanol–water partition coefficient (Wildman–Crippen LogP) is 1.12. The molecule has 1 amide bonds. The van der Waals surface area contributed by atoms with Crippen molar-refractivity contribution in [2.75, 3.05) is 7.05 Å². The van der Waals surface area contributed by atoms with Crippen LogP contribution in [0.2, 0.25) is 0 Å². The fourth-order valence-corrected chi connectivity index (χ4v) is 1.19. The molecule has 1 heterocycles. The minimum Gasteiger partial charge on any atom is -0.488 e. The molecule has 1 aromatic heterocycles. The van der Waals surface area contributed by atoms with Crippen LogP contribution in [-0.4, -0.2) is 24.0 Å². The topological polar surface area (TPSA) is 51.2 Å². The summed E-state index contributed by atoms with van der Waals surface area (Å²) in [5.41, 5.74) is 0.192. The Bertz CT molecular complexity index is 391. The third-order valence-corrected chi connectivity index (χ3v) is 2.12. The zero-order valence-electron chi connectivity index (χ0n) is 8.29. The molecule has 0 radical (unpaired) electrons. The van der Waals surface area contributed by atoms with Gasteiger partial charge in [-0.2, -0.15) is 4.39 Å². The van der Waals surface area contributed by atoms with Crippen LogP contribution in [0.25, 0.3) is 0 Å². The van der Waals surface area contributed by atoms with Crippen LogP contribution in [0.3, 0.4) is 0 Å². The first-order chi connectivity index (χ1) is 7.20. The number of nitrogens with one attached hydrogen (secondary N) is 1. The predicted molar refractivity (Wildman–Crippen MR) is 51.2 cm³/mol. The summed E-state index contributed by atoms with van der Waals surface area (Å²) < 4.78 is 18.3. The molecule has 5 heteroatoms. The van der Waals surface area contributed by atoms with Crippen molar-refractivity contribution in [1.29, 1.82) is 0 Å². The van der Waals surface area contributed by atoms with Crippen molar-refractivity contribution in [2.45, 2.75) is 18.9 Å². The van der Waals surface area contributed by atoms with Crippen LogP contribution in [-0.2, 0) is 0 Å². The van der Waals surface area contributed by atoms with Crippen molar-refractivity contribution in [1.82, 2.24) is 10.3 Å². The van der Waals surface area contributed by atoms with Gasteiger partial charge in [0.2, 0.25) is 5.95 Å². The van der Waals surface area contributed by atoms with Gasteiger partial charge in [0.25, 0.3) is 5.91 Å². The molecule has 0 unspecified atom stereocenters. The third-order valence-electron chi connectivity index (χ3n) is 2.12. The van der Waals surface area contributed by atoms with Gasteiger partial charge >= 0.3 is 0 Å². The minimum absolute atomic E-state index is 0.153. The van der Waals surface area contributed by atoms with Gasteiger partial charge in [-0.05, 0) is 12.8 Å². The number of pyridine rings is 1. The molecule has 1 aromatic rings. The van der Waals surface area contributed by atoms with Crippen molar-refractivity contribution in [3.8, 4) is 5.75 Å². The highest BCUT2D eigenvalue weighted by Gasteiger charge is 2.26. The molecule has 0 bridgehead atoms. The minimum atomic E-state index is -0.684. The van der Waals surface area contributed by atoms with E-state index in [0.29, 0.717) is 5.75 Å². The van der Waals surface area contributed by atoms with Crippen LogP contribution in [0.1, 0.15) is 23.2 Å². The maximum atomic E-state index is 12.9. The van der Waals surface area contributed by atoms with E-state index in [-0.39, 0.29) is 17.6 Å². The zero-order chi connectivity index (χ0) is 10.8. The summed E-state index contributed by atoms with van der Waals surface area (Å²) in [6.07, 6.45) is 3.36. The van der Waals surface area contributed by atoms with E-state index < -0.39 is 5.95 Å². The van der Waals surface area contributed by atoms with Gasteiger partial charge in [0.1, 0.15) is 0 Å². The fraction of sp³-hybridized carbons (Fsp3) is 0.400. The molecule has 0 saturated heterocycles. The molecular formula is C10H11FN2O2. The maximum Gasteiger partial charge on any atom is 0.255 e. The van der Waals surface area contributed by atoms with Crippen LogP contribution in [0.15, 0.2) is 12.3 Å². The number of amides is 1. The summed E-state index contributed by atoms with van der Waals surface area (Å²) in [6, 6.07) is 1.08. The fourth-order valence-electron chi connectivity index (χ4n) is 1.19. The number of nitrogens with zero attached hydrogens (tertiary/aromatic N) is 1. The molecule has 0 atom stereocenters. The summed E-state index contributed by atoms with van der Waals surface area (Å²) >= 11 is 0. The maximum absolute atomic E-state index is 12.9. The van der Waals surface area contributed by atoms with E-state index in [4.69, 9.17) is 4.74 Å². The van der Waals surface area contributed by atoms with Crippen LogP contribution in [0.5, 0.6) is 5.75 Å². The quantitative estimate of drug-likeness (QED) is 0.760. The lowest BCUT2D eigenvalue weighted by atomic mass is 10.2. The number of ether oxygens (including phenoxy) is 1. The summed E-state index contributed by atoms with van der Waals surface area (Å²) in [5.74, 6) is -0.707. The summed E-state index contributed by atoms with van der Waals surface area (Å²) in [4.78, 5) is 14.9. The first-order valence-electron chi connectivity index (χ1n) is 4.75. The molecule has 80 valence electrons. The number of hydrogen-bond donors (Lipinski definition) is 1. The number of halogens is 1. The Hall–Kier alpha value is -1.65. The smallest absolute Gasteiger partial charge is 0.255 e. The van der Waals surface area contributed by atoms with Gasteiger partial charge in [-0.25, -0.2) is 4.98 Å². The standard InChI is InChI=1S/C10H11FN2O2/c1-12-10(14)7-4-9(11)13-5-8(7)15-6-2-3-6/h4-6H,2-3H2,1H3,(H,12,14). The first kappa shape index (κ1) is 9.89. The van der Waals surface area contributed by atoms with E-state index in [1.807, 2.05) is 0 Å². The molecule has 0 aliphatic heterocycles. The van der Waals surface area contributed by atoms with E-state index in [9.17, 15) is 9.18 Å². The van der Waals surface area contributed by atoms with Gasteiger partial charge in [-0.3, -0.25) is 4.79 Å². The number of rotatable bonds is 3. The Morgan fingerprint density at radius 2 is 2.40 bits per heavy atom. The van der Waals surface area contributed by atoms with E-state index in [1.54, 1.807) is 0 Å². The average molecular weight is 210 g/mol. The Morgan fingerprint density at radius 3 is 3.00 bits per heavy atom. The van der Waals surface area contributed by atoms with Crippen LogP contribution < -0.4 is 10.1 Å². The summed E-state index contributed by atoms with van der Waals surface area (Å²) in [7, 11) is 1.49.